The van der Waals surface area contributed by atoms with Crippen LogP contribution in [0.25, 0.3) is 6.08 Å². The molecule has 0 aromatic heterocycles. The van der Waals surface area contributed by atoms with Gasteiger partial charge in [-0.2, -0.15) is 5.26 Å². The third-order valence-corrected chi connectivity index (χ3v) is 4.91. The van der Waals surface area contributed by atoms with E-state index in [1.165, 1.54) is 36.4 Å². The van der Waals surface area contributed by atoms with Crippen LogP contribution in [0, 0.1) is 27.3 Å². The van der Waals surface area contributed by atoms with Crippen LogP contribution in [0.5, 0.6) is 5.75 Å². The van der Waals surface area contributed by atoms with Crippen molar-refractivity contribution in [2.24, 2.45) is 0 Å². The lowest BCUT2D eigenvalue weighted by Crippen LogP contribution is -2.13. The Morgan fingerprint density at radius 1 is 1.19 bits per heavy atom. The summed E-state index contributed by atoms with van der Waals surface area (Å²) in [5.74, 6) is -0.606. The minimum atomic E-state index is -0.705. The van der Waals surface area contributed by atoms with Gasteiger partial charge in [-0.15, -0.1) is 0 Å². The van der Waals surface area contributed by atoms with E-state index in [1.807, 2.05) is 6.07 Å². The number of amides is 1. The number of nitrogens with one attached hydrogen (secondary N) is 1. The Morgan fingerprint density at radius 2 is 1.97 bits per heavy atom. The Bertz CT molecular complexity index is 1250. The number of nitro benzene ring substituents is 1. The van der Waals surface area contributed by atoms with Gasteiger partial charge in [0.1, 0.15) is 29.8 Å². The fourth-order valence-electron chi connectivity index (χ4n) is 2.71. The van der Waals surface area contributed by atoms with Crippen molar-refractivity contribution in [2.45, 2.75) is 6.61 Å². The lowest BCUT2D eigenvalue weighted by atomic mass is 10.1. The molecule has 0 radical (unpaired) electrons. The van der Waals surface area contributed by atoms with Gasteiger partial charge in [-0.1, -0.05) is 30.3 Å². The van der Waals surface area contributed by atoms with Crippen molar-refractivity contribution < 1.29 is 18.8 Å². The van der Waals surface area contributed by atoms with Gasteiger partial charge in [0.05, 0.1) is 9.40 Å². The van der Waals surface area contributed by atoms with Crippen molar-refractivity contribution in [3.05, 3.63) is 104 Å². The molecule has 7 nitrogen and oxygen atoms in total. The molecule has 1 N–H and O–H groups in total. The molecule has 0 aliphatic heterocycles. The second-order valence-corrected chi connectivity index (χ2v) is 7.36. The van der Waals surface area contributed by atoms with E-state index in [-0.39, 0.29) is 29.4 Å². The molecule has 3 rings (SSSR count). The molecule has 3 aromatic rings. The summed E-state index contributed by atoms with van der Waals surface area (Å²) in [5, 5.41) is 22.7. The van der Waals surface area contributed by atoms with E-state index in [1.54, 1.807) is 36.4 Å². The molecular formula is C23H15BrFN3O4. The molecule has 160 valence electrons. The van der Waals surface area contributed by atoms with E-state index in [0.717, 1.165) is 0 Å². The van der Waals surface area contributed by atoms with E-state index in [2.05, 4.69) is 21.2 Å². The molecule has 0 saturated heterocycles. The largest absolute Gasteiger partial charge is 0.488 e. The molecule has 0 aliphatic rings. The molecule has 3 aromatic carbocycles. The van der Waals surface area contributed by atoms with Gasteiger partial charge in [0.2, 0.25) is 0 Å². The molecule has 0 bridgehead atoms. The summed E-state index contributed by atoms with van der Waals surface area (Å²) < 4.78 is 19.9. The number of nitrogens with zero attached hydrogens (tertiary/aromatic N) is 2. The van der Waals surface area contributed by atoms with E-state index in [4.69, 9.17) is 4.74 Å². The normalized spacial score (nSPS) is 10.8. The Morgan fingerprint density at radius 3 is 2.66 bits per heavy atom. The molecular weight excluding hydrogens is 481 g/mol. The number of anilines is 1. The van der Waals surface area contributed by atoms with Gasteiger partial charge in [0, 0.05) is 23.4 Å². The molecule has 0 spiro atoms. The van der Waals surface area contributed by atoms with Crippen molar-refractivity contribution in [1.29, 1.82) is 5.26 Å². The second kappa shape index (κ2) is 10.3. The number of hydrogen-bond acceptors (Lipinski definition) is 5. The maximum atomic E-state index is 13.7. The van der Waals surface area contributed by atoms with Crippen LogP contribution in [-0.4, -0.2) is 10.8 Å². The van der Waals surface area contributed by atoms with E-state index >= 15 is 0 Å². The number of carbonyl (C=O) groups is 1. The number of hydrogen-bond donors (Lipinski definition) is 1. The Balaban J connectivity index is 1.73. The maximum Gasteiger partial charge on any atom is 0.271 e. The third-order valence-electron chi connectivity index (χ3n) is 4.29. The van der Waals surface area contributed by atoms with Crippen LogP contribution < -0.4 is 10.1 Å². The number of nitro groups is 1. The number of ether oxygens (including phenoxy) is 1. The first-order valence-corrected chi connectivity index (χ1v) is 10.00. The minimum absolute atomic E-state index is 0.0372. The Kier molecular flexibility index (Phi) is 7.31. The molecule has 0 heterocycles. The van der Waals surface area contributed by atoms with Gasteiger partial charge in [-0.05, 0) is 51.8 Å². The number of nitriles is 1. The quantitative estimate of drug-likeness (QED) is 0.198. The van der Waals surface area contributed by atoms with Gasteiger partial charge < -0.3 is 10.1 Å². The van der Waals surface area contributed by atoms with Crippen LogP contribution in [0.4, 0.5) is 15.8 Å². The average Bonchev–Trinajstić information content (AvgIpc) is 2.78. The molecule has 9 heteroatoms. The zero-order valence-electron chi connectivity index (χ0n) is 16.4. The van der Waals surface area contributed by atoms with Crippen molar-refractivity contribution in [2.75, 3.05) is 5.32 Å². The molecule has 0 saturated carbocycles. The fourth-order valence-corrected chi connectivity index (χ4v) is 3.22. The molecule has 0 unspecified atom stereocenters. The second-order valence-electron chi connectivity index (χ2n) is 6.50. The molecule has 0 fully saturated rings. The molecule has 0 aliphatic carbocycles. The summed E-state index contributed by atoms with van der Waals surface area (Å²) in [5.41, 5.74) is 0.779. The lowest BCUT2D eigenvalue weighted by molar-refractivity contribution is -0.384. The summed E-state index contributed by atoms with van der Waals surface area (Å²) in [6.45, 7) is 0.0372. The van der Waals surface area contributed by atoms with Gasteiger partial charge in [0.25, 0.3) is 11.6 Å². The highest BCUT2D eigenvalue weighted by atomic mass is 79.9. The number of carbonyl (C=O) groups excluding carboxylic acids is 1. The van der Waals surface area contributed by atoms with Crippen LogP contribution in [0.15, 0.2) is 76.8 Å². The smallest absolute Gasteiger partial charge is 0.271 e. The van der Waals surface area contributed by atoms with Crippen LogP contribution in [0.1, 0.15) is 11.1 Å². The van der Waals surface area contributed by atoms with Gasteiger partial charge in [-0.3, -0.25) is 14.9 Å². The van der Waals surface area contributed by atoms with E-state index < -0.39 is 10.8 Å². The monoisotopic (exact) mass is 495 g/mol. The lowest BCUT2D eigenvalue weighted by Gasteiger charge is -2.10. The van der Waals surface area contributed by atoms with Crippen molar-refractivity contribution in [3.63, 3.8) is 0 Å². The van der Waals surface area contributed by atoms with E-state index in [9.17, 15) is 24.6 Å². The summed E-state index contributed by atoms with van der Waals surface area (Å²) >= 11 is 3.37. The van der Waals surface area contributed by atoms with Gasteiger partial charge in [0.15, 0.2) is 0 Å². The van der Waals surface area contributed by atoms with Gasteiger partial charge >= 0.3 is 0 Å². The summed E-state index contributed by atoms with van der Waals surface area (Å²) in [6, 6.07) is 18.4. The number of halogens is 2. The summed E-state index contributed by atoms with van der Waals surface area (Å²) in [6.07, 6.45) is 1.37. The highest BCUT2D eigenvalue weighted by Crippen LogP contribution is 2.28. The van der Waals surface area contributed by atoms with Crippen LogP contribution in [0.3, 0.4) is 0 Å². The van der Waals surface area contributed by atoms with Crippen molar-refractivity contribution >= 4 is 39.3 Å². The predicted octanol–water partition coefficient (Wildman–Crippen LogP) is 5.62. The summed E-state index contributed by atoms with van der Waals surface area (Å²) in [4.78, 5) is 22.7. The standard InChI is InChI=1S/C23H15BrFN3O4/c24-20-11-15(8-9-22(20)32-14-16-4-1-2-7-21(16)25)10-17(13-26)23(29)27-18-5-3-6-19(12-18)28(30)31/h1-12H,14H2,(H,27,29)/b17-10+. The zero-order chi connectivity index (χ0) is 23.1. The van der Waals surface area contributed by atoms with E-state index in [0.29, 0.717) is 21.3 Å². The predicted molar refractivity (Wildman–Crippen MR) is 120 cm³/mol. The van der Waals surface area contributed by atoms with Crippen LogP contribution in [-0.2, 0) is 11.4 Å². The first-order valence-electron chi connectivity index (χ1n) is 9.20. The highest BCUT2D eigenvalue weighted by Gasteiger charge is 2.13. The maximum absolute atomic E-state index is 13.7. The third kappa shape index (κ3) is 5.77. The first-order chi connectivity index (χ1) is 15.4. The topological polar surface area (TPSA) is 105 Å². The number of non-ortho nitro benzene ring substituents is 1. The number of benzene rings is 3. The molecule has 1 amide bonds. The average molecular weight is 496 g/mol. The Labute approximate surface area is 191 Å². The number of rotatable bonds is 7. The minimum Gasteiger partial charge on any atom is -0.488 e. The highest BCUT2D eigenvalue weighted by molar-refractivity contribution is 9.10. The van der Waals surface area contributed by atoms with Crippen molar-refractivity contribution in [3.8, 4) is 11.8 Å². The zero-order valence-corrected chi connectivity index (χ0v) is 18.0. The fraction of sp³-hybridized carbons (Fsp3) is 0.0435. The molecule has 32 heavy (non-hydrogen) atoms. The SMILES string of the molecule is N#C/C(=C\c1ccc(OCc2ccccc2F)c(Br)c1)C(=O)Nc1cccc([N+](=O)[O-])c1. The van der Waals surface area contributed by atoms with Gasteiger partial charge in [-0.25, -0.2) is 4.39 Å². The van der Waals surface area contributed by atoms with Crippen molar-refractivity contribution in [1.82, 2.24) is 0 Å². The van der Waals surface area contributed by atoms with Crippen LogP contribution >= 0.6 is 15.9 Å². The van der Waals surface area contributed by atoms with Crippen LogP contribution in [0.2, 0.25) is 0 Å². The Hall–Kier alpha value is -4.03. The first kappa shape index (κ1) is 22.7. The molecule has 0 atom stereocenters. The summed E-state index contributed by atoms with van der Waals surface area (Å²) in [7, 11) is 0.